The SMILES string of the molecule is CC(C)NC(=O)C(C)NCc1csc(-c2ccccn2)n1. The van der Waals surface area contributed by atoms with Gasteiger partial charge in [-0.05, 0) is 32.9 Å². The first-order chi connectivity index (χ1) is 10.1. The van der Waals surface area contributed by atoms with Crippen LogP contribution in [-0.4, -0.2) is 28.0 Å². The molecule has 2 aromatic heterocycles. The largest absolute Gasteiger partial charge is 0.353 e. The summed E-state index contributed by atoms with van der Waals surface area (Å²) in [5, 5.41) is 8.95. The van der Waals surface area contributed by atoms with E-state index in [0.29, 0.717) is 6.54 Å². The molecule has 2 N–H and O–H groups in total. The molecule has 0 saturated carbocycles. The van der Waals surface area contributed by atoms with Gasteiger partial charge in [-0.25, -0.2) is 4.98 Å². The number of carbonyl (C=O) groups is 1. The highest BCUT2D eigenvalue weighted by Crippen LogP contribution is 2.21. The van der Waals surface area contributed by atoms with Crippen LogP contribution in [0.1, 0.15) is 26.5 Å². The van der Waals surface area contributed by atoms with Crippen molar-refractivity contribution < 1.29 is 4.79 Å². The van der Waals surface area contributed by atoms with Gasteiger partial charge in [-0.2, -0.15) is 0 Å². The molecule has 0 aliphatic heterocycles. The van der Waals surface area contributed by atoms with Crippen LogP contribution in [-0.2, 0) is 11.3 Å². The third-order valence-electron chi connectivity index (χ3n) is 2.85. The summed E-state index contributed by atoms with van der Waals surface area (Å²) in [7, 11) is 0. The second-order valence-corrected chi connectivity index (χ2v) is 5.98. The van der Waals surface area contributed by atoms with E-state index in [0.717, 1.165) is 16.4 Å². The number of thiazole rings is 1. The number of nitrogens with zero attached hydrogens (tertiary/aromatic N) is 2. The number of amides is 1. The Kier molecular flexibility index (Phi) is 5.41. The fraction of sp³-hybridized carbons (Fsp3) is 0.400. The molecule has 0 aromatic carbocycles. The molecule has 21 heavy (non-hydrogen) atoms. The number of pyridine rings is 1. The maximum Gasteiger partial charge on any atom is 0.237 e. The second-order valence-electron chi connectivity index (χ2n) is 5.12. The quantitative estimate of drug-likeness (QED) is 0.858. The molecule has 1 unspecified atom stereocenters. The van der Waals surface area contributed by atoms with E-state index in [9.17, 15) is 4.79 Å². The van der Waals surface area contributed by atoms with E-state index in [1.807, 2.05) is 44.4 Å². The average Bonchev–Trinajstić information content (AvgIpc) is 2.94. The fourth-order valence-corrected chi connectivity index (χ4v) is 2.55. The minimum absolute atomic E-state index is 0.00480. The molecule has 1 amide bonds. The molecule has 0 aliphatic carbocycles. The van der Waals surface area contributed by atoms with Crippen molar-refractivity contribution >= 4 is 17.2 Å². The van der Waals surface area contributed by atoms with Crippen molar-refractivity contribution in [3.05, 3.63) is 35.5 Å². The molecule has 0 radical (unpaired) electrons. The molecular formula is C15H20N4OS. The van der Waals surface area contributed by atoms with Crippen molar-refractivity contribution in [3.63, 3.8) is 0 Å². The minimum Gasteiger partial charge on any atom is -0.353 e. The number of carbonyl (C=O) groups excluding carboxylic acids is 1. The van der Waals surface area contributed by atoms with E-state index in [4.69, 9.17) is 0 Å². The summed E-state index contributed by atoms with van der Waals surface area (Å²) < 4.78 is 0. The van der Waals surface area contributed by atoms with E-state index in [-0.39, 0.29) is 18.0 Å². The Bertz CT molecular complexity index is 582. The Morgan fingerprint density at radius 3 is 2.81 bits per heavy atom. The number of rotatable bonds is 6. The van der Waals surface area contributed by atoms with Gasteiger partial charge in [-0.15, -0.1) is 11.3 Å². The average molecular weight is 304 g/mol. The van der Waals surface area contributed by atoms with Crippen molar-refractivity contribution in [3.8, 4) is 10.7 Å². The molecule has 0 aliphatic rings. The van der Waals surface area contributed by atoms with Gasteiger partial charge in [0.2, 0.25) is 5.91 Å². The van der Waals surface area contributed by atoms with Gasteiger partial charge in [0.1, 0.15) is 5.01 Å². The normalized spacial score (nSPS) is 12.4. The van der Waals surface area contributed by atoms with Gasteiger partial charge in [-0.3, -0.25) is 9.78 Å². The molecule has 112 valence electrons. The van der Waals surface area contributed by atoms with E-state index in [2.05, 4.69) is 20.6 Å². The topological polar surface area (TPSA) is 66.9 Å². The zero-order valence-electron chi connectivity index (χ0n) is 12.5. The molecule has 6 heteroatoms. The van der Waals surface area contributed by atoms with Gasteiger partial charge >= 0.3 is 0 Å². The third-order valence-corrected chi connectivity index (χ3v) is 3.76. The summed E-state index contributed by atoms with van der Waals surface area (Å²) in [6.07, 6.45) is 1.76. The lowest BCUT2D eigenvalue weighted by atomic mass is 10.2. The van der Waals surface area contributed by atoms with Crippen molar-refractivity contribution in [1.82, 2.24) is 20.6 Å². The highest BCUT2D eigenvalue weighted by Gasteiger charge is 2.13. The van der Waals surface area contributed by atoms with Crippen LogP contribution < -0.4 is 10.6 Å². The van der Waals surface area contributed by atoms with E-state index in [1.165, 1.54) is 0 Å². The van der Waals surface area contributed by atoms with Crippen LogP contribution >= 0.6 is 11.3 Å². The molecule has 2 rings (SSSR count). The lowest BCUT2D eigenvalue weighted by Crippen LogP contribution is -2.44. The monoisotopic (exact) mass is 304 g/mol. The molecule has 0 saturated heterocycles. The van der Waals surface area contributed by atoms with Crippen LogP contribution in [0.25, 0.3) is 10.7 Å². The molecule has 2 heterocycles. The smallest absolute Gasteiger partial charge is 0.237 e. The summed E-state index contributed by atoms with van der Waals surface area (Å²) in [4.78, 5) is 20.6. The number of nitrogens with one attached hydrogen (secondary N) is 2. The van der Waals surface area contributed by atoms with Crippen molar-refractivity contribution in [2.75, 3.05) is 0 Å². The van der Waals surface area contributed by atoms with Crippen LogP contribution in [0.2, 0.25) is 0 Å². The zero-order chi connectivity index (χ0) is 15.2. The zero-order valence-corrected chi connectivity index (χ0v) is 13.3. The van der Waals surface area contributed by atoms with Crippen molar-refractivity contribution in [2.24, 2.45) is 0 Å². The minimum atomic E-state index is -0.243. The van der Waals surface area contributed by atoms with Crippen LogP contribution in [0.5, 0.6) is 0 Å². The Balaban J connectivity index is 1.90. The fourth-order valence-electron chi connectivity index (χ4n) is 1.75. The van der Waals surface area contributed by atoms with Gasteiger partial charge in [0.05, 0.1) is 17.4 Å². The second kappa shape index (κ2) is 7.28. The van der Waals surface area contributed by atoms with Gasteiger partial charge in [0.25, 0.3) is 0 Å². The molecule has 0 fully saturated rings. The van der Waals surface area contributed by atoms with E-state index in [1.54, 1.807) is 17.5 Å². The highest BCUT2D eigenvalue weighted by molar-refractivity contribution is 7.13. The summed E-state index contributed by atoms with van der Waals surface area (Å²) in [6, 6.07) is 5.67. The maximum atomic E-state index is 11.8. The molecule has 2 aromatic rings. The summed E-state index contributed by atoms with van der Waals surface area (Å²) >= 11 is 1.56. The van der Waals surface area contributed by atoms with E-state index >= 15 is 0 Å². The number of hydrogen-bond acceptors (Lipinski definition) is 5. The summed E-state index contributed by atoms with van der Waals surface area (Å²) in [5.41, 5.74) is 1.80. The lowest BCUT2D eigenvalue weighted by Gasteiger charge is -2.15. The highest BCUT2D eigenvalue weighted by atomic mass is 32.1. The Morgan fingerprint density at radius 1 is 1.33 bits per heavy atom. The van der Waals surface area contributed by atoms with Gasteiger partial charge in [-0.1, -0.05) is 6.07 Å². The first-order valence-electron chi connectivity index (χ1n) is 6.96. The predicted octanol–water partition coefficient (Wildman–Crippen LogP) is 2.21. The van der Waals surface area contributed by atoms with Crippen molar-refractivity contribution in [1.29, 1.82) is 0 Å². The van der Waals surface area contributed by atoms with Crippen LogP contribution in [0.15, 0.2) is 29.8 Å². The van der Waals surface area contributed by atoms with Gasteiger partial charge in [0.15, 0.2) is 0 Å². The maximum absolute atomic E-state index is 11.8. The van der Waals surface area contributed by atoms with E-state index < -0.39 is 0 Å². The first kappa shape index (κ1) is 15.6. The Morgan fingerprint density at radius 2 is 2.14 bits per heavy atom. The standard InChI is InChI=1S/C15H20N4OS/c1-10(2)18-14(20)11(3)17-8-12-9-21-15(19-12)13-6-4-5-7-16-13/h4-7,9-11,17H,8H2,1-3H3,(H,18,20). The molecule has 1 atom stereocenters. The third kappa shape index (κ3) is 4.61. The Hall–Kier alpha value is -1.79. The first-order valence-corrected chi connectivity index (χ1v) is 7.84. The van der Waals surface area contributed by atoms with Crippen molar-refractivity contribution in [2.45, 2.75) is 39.4 Å². The lowest BCUT2D eigenvalue weighted by molar-refractivity contribution is -0.123. The van der Waals surface area contributed by atoms with Crippen LogP contribution in [0.3, 0.4) is 0 Å². The van der Waals surface area contributed by atoms with Gasteiger partial charge in [0, 0.05) is 24.2 Å². The number of hydrogen-bond donors (Lipinski definition) is 2. The molecule has 0 bridgehead atoms. The molecule has 5 nitrogen and oxygen atoms in total. The van der Waals surface area contributed by atoms with Crippen LogP contribution in [0, 0.1) is 0 Å². The summed E-state index contributed by atoms with van der Waals surface area (Å²) in [5.74, 6) is 0.00480. The molecule has 0 spiro atoms. The number of aromatic nitrogens is 2. The summed E-state index contributed by atoms with van der Waals surface area (Å²) in [6.45, 7) is 6.31. The molecular weight excluding hydrogens is 284 g/mol. The van der Waals surface area contributed by atoms with Crippen LogP contribution in [0.4, 0.5) is 0 Å². The van der Waals surface area contributed by atoms with Gasteiger partial charge < -0.3 is 10.6 Å². The predicted molar refractivity (Wildman–Crippen MR) is 84.9 cm³/mol. The Labute approximate surface area is 128 Å².